The molecular weight excluding hydrogens is 166 g/mol. The van der Waals surface area contributed by atoms with Crippen LogP contribution in [0.15, 0.2) is 18.2 Å². The summed E-state index contributed by atoms with van der Waals surface area (Å²) in [4.78, 5) is 0. The number of hydrogen-bond acceptors (Lipinski definition) is 3. The molecule has 0 aromatic heterocycles. The van der Waals surface area contributed by atoms with E-state index in [9.17, 15) is 5.11 Å². The van der Waals surface area contributed by atoms with Gasteiger partial charge < -0.3 is 15.6 Å². The van der Waals surface area contributed by atoms with Crippen LogP contribution in [-0.2, 0) is 6.54 Å². The van der Waals surface area contributed by atoms with Crippen molar-refractivity contribution < 1.29 is 9.84 Å². The molecule has 3 N–H and O–H groups in total. The Kier molecular flexibility index (Phi) is 3.14. The molecule has 0 aliphatic rings. The van der Waals surface area contributed by atoms with E-state index in [1.165, 1.54) is 0 Å². The largest absolute Gasteiger partial charge is 0.504 e. The highest BCUT2D eigenvalue weighted by molar-refractivity contribution is 5.41. The van der Waals surface area contributed by atoms with Gasteiger partial charge in [0.15, 0.2) is 11.5 Å². The average molecular weight is 181 g/mol. The maximum Gasteiger partial charge on any atom is 0.161 e. The zero-order valence-corrected chi connectivity index (χ0v) is 7.95. The van der Waals surface area contributed by atoms with Crippen LogP contribution in [0.1, 0.15) is 19.4 Å². The number of benzene rings is 1. The highest BCUT2D eigenvalue weighted by Gasteiger charge is 2.04. The van der Waals surface area contributed by atoms with Gasteiger partial charge in [-0.15, -0.1) is 0 Å². The van der Waals surface area contributed by atoms with E-state index in [0.717, 1.165) is 5.56 Å². The molecule has 0 aliphatic carbocycles. The normalized spacial score (nSPS) is 10.5. The first-order valence-corrected chi connectivity index (χ1v) is 4.32. The number of nitrogens with two attached hydrogens (primary N) is 1. The highest BCUT2D eigenvalue weighted by Crippen LogP contribution is 2.27. The third-order valence-electron chi connectivity index (χ3n) is 1.62. The summed E-state index contributed by atoms with van der Waals surface area (Å²) in [6, 6.07) is 5.14. The van der Waals surface area contributed by atoms with Crippen LogP contribution in [0.3, 0.4) is 0 Å². The molecule has 0 radical (unpaired) electrons. The van der Waals surface area contributed by atoms with E-state index in [2.05, 4.69) is 0 Å². The quantitative estimate of drug-likeness (QED) is 0.745. The highest BCUT2D eigenvalue weighted by atomic mass is 16.5. The molecule has 72 valence electrons. The number of aromatic hydroxyl groups is 1. The van der Waals surface area contributed by atoms with E-state index in [0.29, 0.717) is 12.3 Å². The molecular formula is C10H15NO2. The van der Waals surface area contributed by atoms with Crippen molar-refractivity contribution in [2.75, 3.05) is 0 Å². The third-order valence-corrected chi connectivity index (χ3v) is 1.62. The molecule has 0 fully saturated rings. The first-order chi connectivity index (χ1) is 6.13. The molecule has 0 aliphatic heterocycles. The summed E-state index contributed by atoms with van der Waals surface area (Å²) in [5.74, 6) is 0.656. The van der Waals surface area contributed by atoms with Crippen LogP contribution in [0.4, 0.5) is 0 Å². The van der Waals surface area contributed by atoms with E-state index in [4.69, 9.17) is 10.5 Å². The van der Waals surface area contributed by atoms with Crippen LogP contribution in [0.25, 0.3) is 0 Å². The first kappa shape index (κ1) is 9.86. The van der Waals surface area contributed by atoms with Crippen molar-refractivity contribution in [3.63, 3.8) is 0 Å². The Hall–Kier alpha value is -1.22. The van der Waals surface area contributed by atoms with Crippen LogP contribution >= 0.6 is 0 Å². The minimum Gasteiger partial charge on any atom is -0.504 e. The SMILES string of the molecule is CC(C)Oc1cc(CN)ccc1O. The molecule has 0 heterocycles. The first-order valence-electron chi connectivity index (χ1n) is 4.32. The molecule has 1 aromatic carbocycles. The molecule has 0 bridgehead atoms. The Bertz CT molecular complexity index is 284. The summed E-state index contributed by atoms with van der Waals surface area (Å²) in [7, 11) is 0. The Morgan fingerprint density at radius 2 is 2.15 bits per heavy atom. The predicted molar refractivity (Wildman–Crippen MR) is 51.8 cm³/mol. The van der Waals surface area contributed by atoms with Crippen molar-refractivity contribution in [2.24, 2.45) is 5.73 Å². The van der Waals surface area contributed by atoms with Crippen LogP contribution in [0.5, 0.6) is 11.5 Å². The number of phenolic OH excluding ortho intramolecular Hbond substituents is 1. The fourth-order valence-electron chi connectivity index (χ4n) is 1.03. The number of rotatable bonds is 3. The molecule has 1 rings (SSSR count). The molecule has 3 nitrogen and oxygen atoms in total. The smallest absolute Gasteiger partial charge is 0.161 e. The van der Waals surface area contributed by atoms with Crippen LogP contribution in [0, 0.1) is 0 Å². The second-order valence-electron chi connectivity index (χ2n) is 3.17. The Labute approximate surface area is 78.1 Å². The lowest BCUT2D eigenvalue weighted by Crippen LogP contribution is -2.06. The van der Waals surface area contributed by atoms with Gasteiger partial charge in [0.05, 0.1) is 6.10 Å². The van der Waals surface area contributed by atoms with Gasteiger partial charge in [-0.3, -0.25) is 0 Å². The van der Waals surface area contributed by atoms with Crippen molar-refractivity contribution in [1.82, 2.24) is 0 Å². The van der Waals surface area contributed by atoms with Gasteiger partial charge in [0.2, 0.25) is 0 Å². The molecule has 0 atom stereocenters. The second kappa shape index (κ2) is 4.14. The molecule has 3 heteroatoms. The van der Waals surface area contributed by atoms with E-state index in [1.807, 2.05) is 13.8 Å². The lowest BCUT2D eigenvalue weighted by Gasteiger charge is -2.11. The molecule has 13 heavy (non-hydrogen) atoms. The van der Waals surface area contributed by atoms with Gasteiger partial charge in [-0.1, -0.05) is 6.07 Å². The van der Waals surface area contributed by atoms with E-state index < -0.39 is 0 Å². The topological polar surface area (TPSA) is 55.5 Å². The minimum absolute atomic E-state index is 0.0546. The maximum atomic E-state index is 9.41. The van der Waals surface area contributed by atoms with Crippen LogP contribution in [-0.4, -0.2) is 11.2 Å². The third kappa shape index (κ3) is 2.63. The molecule has 0 spiro atoms. The van der Waals surface area contributed by atoms with E-state index in [1.54, 1.807) is 18.2 Å². The van der Waals surface area contributed by atoms with E-state index in [-0.39, 0.29) is 11.9 Å². The summed E-state index contributed by atoms with van der Waals surface area (Å²) in [6.45, 7) is 4.28. The van der Waals surface area contributed by atoms with Gasteiger partial charge in [0, 0.05) is 6.54 Å². The second-order valence-corrected chi connectivity index (χ2v) is 3.17. The van der Waals surface area contributed by atoms with Gasteiger partial charge in [0.25, 0.3) is 0 Å². The number of phenols is 1. The molecule has 0 unspecified atom stereocenters. The molecule has 0 saturated carbocycles. The van der Waals surface area contributed by atoms with Gasteiger partial charge in [-0.05, 0) is 31.5 Å². The minimum atomic E-state index is 0.0546. The zero-order chi connectivity index (χ0) is 9.84. The maximum absolute atomic E-state index is 9.41. The van der Waals surface area contributed by atoms with Gasteiger partial charge in [-0.2, -0.15) is 0 Å². The fourth-order valence-corrected chi connectivity index (χ4v) is 1.03. The van der Waals surface area contributed by atoms with Gasteiger partial charge in [0.1, 0.15) is 0 Å². The summed E-state index contributed by atoms with van der Waals surface area (Å²) < 4.78 is 5.38. The molecule has 0 amide bonds. The van der Waals surface area contributed by atoms with Crippen molar-refractivity contribution in [3.05, 3.63) is 23.8 Å². The molecule has 0 saturated heterocycles. The summed E-state index contributed by atoms with van der Waals surface area (Å²) >= 11 is 0. The fraction of sp³-hybridized carbons (Fsp3) is 0.400. The summed E-state index contributed by atoms with van der Waals surface area (Å²) in [6.07, 6.45) is 0.0546. The summed E-state index contributed by atoms with van der Waals surface area (Å²) in [5.41, 5.74) is 6.41. The van der Waals surface area contributed by atoms with Gasteiger partial charge >= 0.3 is 0 Å². The van der Waals surface area contributed by atoms with Crippen LogP contribution in [0.2, 0.25) is 0 Å². The average Bonchev–Trinajstić information content (AvgIpc) is 2.08. The molecule has 1 aromatic rings. The van der Waals surface area contributed by atoms with Crippen molar-refractivity contribution >= 4 is 0 Å². The Morgan fingerprint density at radius 1 is 1.46 bits per heavy atom. The van der Waals surface area contributed by atoms with Crippen molar-refractivity contribution in [2.45, 2.75) is 26.5 Å². The number of ether oxygens (including phenoxy) is 1. The summed E-state index contributed by atoms with van der Waals surface area (Å²) in [5, 5.41) is 9.41. The van der Waals surface area contributed by atoms with Crippen LogP contribution < -0.4 is 10.5 Å². The van der Waals surface area contributed by atoms with Crippen molar-refractivity contribution in [1.29, 1.82) is 0 Å². The van der Waals surface area contributed by atoms with Gasteiger partial charge in [-0.25, -0.2) is 0 Å². The number of hydrogen-bond donors (Lipinski definition) is 2. The zero-order valence-electron chi connectivity index (χ0n) is 7.95. The van der Waals surface area contributed by atoms with E-state index >= 15 is 0 Å². The lowest BCUT2D eigenvalue weighted by atomic mass is 10.2. The standard InChI is InChI=1S/C10H15NO2/c1-7(2)13-10-5-8(6-11)3-4-9(10)12/h3-5,7,12H,6,11H2,1-2H3. The predicted octanol–water partition coefficient (Wildman–Crippen LogP) is 1.64. The van der Waals surface area contributed by atoms with Crippen molar-refractivity contribution in [3.8, 4) is 11.5 Å². The Balaban J connectivity index is 2.90. The lowest BCUT2D eigenvalue weighted by molar-refractivity contribution is 0.231. The Morgan fingerprint density at radius 3 is 2.69 bits per heavy atom. The monoisotopic (exact) mass is 181 g/mol.